The van der Waals surface area contributed by atoms with E-state index in [0.717, 1.165) is 17.7 Å². The summed E-state index contributed by atoms with van der Waals surface area (Å²) in [4.78, 5) is 0. The minimum Gasteiger partial charge on any atom is -0.399 e. The predicted octanol–water partition coefficient (Wildman–Crippen LogP) is 2.96. The summed E-state index contributed by atoms with van der Waals surface area (Å²) in [5.41, 5.74) is 7.48. The molecule has 0 aromatic heterocycles. The Labute approximate surface area is 72.2 Å². The Balaban J connectivity index is 2.86. The lowest BCUT2D eigenvalue weighted by atomic mass is 10.1. The Morgan fingerprint density at radius 3 is 2.82 bits per heavy atom. The van der Waals surface area contributed by atoms with E-state index in [2.05, 4.69) is 6.92 Å². The van der Waals surface area contributed by atoms with Crippen molar-refractivity contribution in [3.8, 4) is 0 Å². The van der Waals surface area contributed by atoms with E-state index in [4.69, 9.17) is 17.3 Å². The zero-order valence-electron chi connectivity index (χ0n) is 6.55. The van der Waals surface area contributed by atoms with Crippen molar-refractivity contribution in [2.24, 2.45) is 0 Å². The van der Waals surface area contributed by atoms with Gasteiger partial charge in [-0.3, -0.25) is 0 Å². The molecule has 0 amide bonds. The molecule has 60 valence electrons. The van der Waals surface area contributed by atoms with Gasteiger partial charge in [0.05, 0.1) is 5.38 Å². The first kappa shape index (κ1) is 8.41. The van der Waals surface area contributed by atoms with Gasteiger partial charge in [-0.05, 0) is 24.1 Å². The maximum atomic E-state index is 6.01. The maximum Gasteiger partial charge on any atom is 0.0583 e. The number of halogens is 1. The molecule has 2 heteroatoms. The molecule has 2 N–H and O–H groups in total. The second kappa shape index (κ2) is 3.63. The van der Waals surface area contributed by atoms with Gasteiger partial charge in [0.1, 0.15) is 0 Å². The lowest BCUT2D eigenvalue weighted by Crippen LogP contribution is -1.90. The number of benzene rings is 1. The standard InChI is InChI=1S/C9H12ClN/c1-2-9(10)7-4-3-5-8(11)6-7/h3-6,9H,2,11H2,1H3. The van der Waals surface area contributed by atoms with Crippen molar-refractivity contribution < 1.29 is 0 Å². The first-order valence-electron chi connectivity index (χ1n) is 3.73. The number of nitrogens with two attached hydrogens (primary N) is 1. The zero-order chi connectivity index (χ0) is 8.27. The maximum absolute atomic E-state index is 6.01. The van der Waals surface area contributed by atoms with Gasteiger partial charge in [-0.2, -0.15) is 0 Å². The summed E-state index contributed by atoms with van der Waals surface area (Å²) in [7, 11) is 0. The van der Waals surface area contributed by atoms with Gasteiger partial charge in [0.25, 0.3) is 0 Å². The quantitative estimate of drug-likeness (QED) is 0.535. The second-order valence-corrected chi connectivity index (χ2v) is 3.07. The van der Waals surface area contributed by atoms with Crippen molar-refractivity contribution in [1.82, 2.24) is 0 Å². The van der Waals surface area contributed by atoms with Crippen LogP contribution in [0.4, 0.5) is 5.69 Å². The number of anilines is 1. The fourth-order valence-corrected chi connectivity index (χ4v) is 1.13. The Bertz CT molecular complexity index is 235. The molecule has 0 saturated heterocycles. The van der Waals surface area contributed by atoms with E-state index in [1.54, 1.807) is 0 Å². The molecule has 11 heavy (non-hydrogen) atoms. The largest absolute Gasteiger partial charge is 0.399 e. The van der Waals surface area contributed by atoms with Crippen LogP contribution in [0.25, 0.3) is 0 Å². The van der Waals surface area contributed by atoms with Crippen molar-refractivity contribution in [3.05, 3.63) is 29.8 Å². The first-order chi connectivity index (χ1) is 5.24. The van der Waals surface area contributed by atoms with Gasteiger partial charge in [0.2, 0.25) is 0 Å². The van der Waals surface area contributed by atoms with Crippen molar-refractivity contribution in [1.29, 1.82) is 0 Å². The molecule has 0 bridgehead atoms. The fourth-order valence-electron chi connectivity index (χ4n) is 0.990. The molecule has 0 aliphatic heterocycles. The topological polar surface area (TPSA) is 26.0 Å². The molecule has 0 aliphatic rings. The van der Waals surface area contributed by atoms with E-state index in [1.807, 2.05) is 24.3 Å². The number of alkyl halides is 1. The Hall–Kier alpha value is -0.690. The number of rotatable bonds is 2. The van der Waals surface area contributed by atoms with Gasteiger partial charge < -0.3 is 5.73 Å². The number of nitrogen functional groups attached to an aromatic ring is 1. The van der Waals surface area contributed by atoms with Crippen LogP contribution in [0.5, 0.6) is 0 Å². The molecule has 1 aromatic carbocycles. The zero-order valence-corrected chi connectivity index (χ0v) is 7.31. The van der Waals surface area contributed by atoms with Crippen LogP contribution in [-0.2, 0) is 0 Å². The minimum atomic E-state index is 0.0958. The summed E-state index contributed by atoms with van der Waals surface area (Å²) in [5.74, 6) is 0. The molecule has 1 unspecified atom stereocenters. The lowest BCUT2D eigenvalue weighted by molar-refractivity contribution is 0.884. The van der Waals surface area contributed by atoms with E-state index in [9.17, 15) is 0 Å². The molecule has 0 spiro atoms. The molecule has 1 rings (SSSR count). The highest BCUT2D eigenvalue weighted by molar-refractivity contribution is 6.20. The molecular formula is C9H12ClN. The SMILES string of the molecule is CCC(Cl)c1cccc(N)c1. The van der Waals surface area contributed by atoms with Crippen molar-refractivity contribution in [3.63, 3.8) is 0 Å². The normalized spacial score (nSPS) is 12.9. The van der Waals surface area contributed by atoms with Crippen LogP contribution < -0.4 is 5.73 Å². The van der Waals surface area contributed by atoms with Gasteiger partial charge in [-0.1, -0.05) is 19.1 Å². The lowest BCUT2D eigenvalue weighted by Gasteiger charge is -2.06. The number of hydrogen-bond donors (Lipinski definition) is 1. The third-order valence-corrected chi connectivity index (χ3v) is 2.19. The van der Waals surface area contributed by atoms with E-state index in [-0.39, 0.29) is 5.38 Å². The van der Waals surface area contributed by atoms with Crippen LogP contribution in [0.2, 0.25) is 0 Å². The fraction of sp³-hybridized carbons (Fsp3) is 0.333. The molecule has 1 atom stereocenters. The molecule has 0 saturated carbocycles. The third-order valence-electron chi connectivity index (χ3n) is 1.63. The van der Waals surface area contributed by atoms with Crippen LogP contribution in [0, 0.1) is 0 Å². The monoisotopic (exact) mass is 169 g/mol. The van der Waals surface area contributed by atoms with E-state index >= 15 is 0 Å². The highest BCUT2D eigenvalue weighted by Gasteiger charge is 2.03. The Kier molecular flexibility index (Phi) is 2.77. The Morgan fingerprint density at radius 1 is 1.55 bits per heavy atom. The van der Waals surface area contributed by atoms with Crippen molar-refractivity contribution in [2.75, 3.05) is 5.73 Å². The van der Waals surface area contributed by atoms with Crippen LogP contribution >= 0.6 is 11.6 Å². The third kappa shape index (κ3) is 2.12. The minimum absolute atomic E-state index is 0.0958. The molecule has 1 nitrogen and oxygen atoms in total. The van der Waals surface area contributed by atoms with Gasteiger partial charge in [-0.15, -0.1) is 11.6 Å². The average molecular weight is 170 g/mol. The smallest absolute Gasteiger partial charge is 0.0583 e. The molecule has 0 heterocycles. The highest BCUT2D eigenvalue weighted by Crippen LogP contribution is 2.24. The van der Waals surface area contributed by atoms with Crippen LogP contribution in [0.1, 0.15) is 24.3 Å². The molecule has 1 aromatic rings. The van der Waals surface area contributed by atoms with Crippen molar-refractivity contribution >= 4 is 17.3 Å². The van der Waals surface area contributed by atoms with Gasteiger partial charge >= 0.3 is 0 Å². The summed E-state index contributed by atoms with van der Waals surface area (Å²) >= 11 is 6.01. The summed E-state index contributed by atoms with van der Waals surface area (Å²) in [5, 5.41) is 0.0958. The van der Waals surface area contributed by atoms with E-state index < -0.39 is 0 Å². The number of hydrogen-bond acceptors (Lipinski definition) is 1. The highest BCUT2D eigenvalue weighted by atomic mass is 35.5. The Morgan fingerprint density at radius 2 is 2.27 bits per heavy atom. The van der Waals surface area contributed by atoms with Crippen molar-refractivity contribution in [2.45, 2.75) is 18.7 Å². The summed E-state index contributed by atoms with van der Waals surface area (Å²) in [6.45, 7) is 2.06. The van der Waals surface area contributed by atoms with Crippen LogP contribution in [-0.4, -0.2) is 0 Å². The molecular weight excluding hydrogens is 158 g/mol. The van der Waals surface area contributed by atoms with Crippen LogP contribution in [0.15, 0.2) is 24.3 Å². The molecule has 0 radical (unpaired) electrons. The second-order valence-electron chi connectivity index (χ2n) is 2.55. The van der Waals surface area contributed by atoms with Gasteiger partial charge in [0.15, 0.2) is 0 Å². The first-order valence-corrected chi connectivity index (χ1v) is 4.17. The van der Waals surface area contributed by atoms with Gasteiger partial charge in [-0.25, -0.2) is 0 Å². The summed E-state index contributed by atoms with van der Waals surface area (Å²) in [6.07, 6.45) is 0.936. The predicted molar refractivity (Wildman–Crippen MR) is 49.7 cm³/mol. The summed E-state index contributed by atoms with van der Waals surface area (Å²) in [6, 6.07) is 7.71. The average Bonchev–Trinajstić information content (AvgIpc) is 2.03. The van der Waals surface area contributed by atoms with Gasteiger partial charge in [0, 0.05) is 5.69 Å². The van der Waals surface area contributed by atoms with E-state index in [0.29, 0.717) is 0 Å². The van der Waals surface area contributed by atoms with Crippen LogP contribution in [0.3, 0.4) is 0 Å². The van der Waals surface area contributed by atoms with E-state index in [1.165, 1.54) is 0 Å². The molecule has 0 aliphatic carbocycles. The molecule has 0 fully saturated rings. The summed E-state index contributed by atoms with van der Waals surface area (Å²) < 4.78 is 0.